The summed E-state index contributed by atoms with van der Waals surface area (Å²) in [6.45, 7) is 0. The molecule has 2 rings (SSSR count). The van der Waals surface area contributed by atoms with Crippen LogP contribution in [0.25, 0.3) is 6.08 Å². The molecule has 0 aliphatic heterocycles. The number of methoxy groups -OCH3 is 2. The van der Waals surface area contributed by atoms with E-state index in [4.69, 9.17) is 15.9 Å². The Morgan fingerprint density at radius 1 is 1.39 bits per heavy atom. The second-order valence-corrected chi connectivity index (χ2v) is 5.20. The molecule has 0 fully saturated rings. The van der Waals surface area contributed by atoms with Gasteiger partial charge < -0.3 is 9.47 Å². The second-order valence-electron chi connectivity index (χ2n) is 4.26. The summed E-state index contributed by atoms with van der Waals surface area (Å²) < 4.78 is 11.7. The summed E-state index contributed by atoms with van der Waals surface area (Å²) in [6.07, 6.45) is 9.68. The van der Waals surface area contributed by atoms with Crippen molar-refractivity contribution in [3.05, 3.63) is 36.2 Å². The zero-order valence-corrected chi connectivity index (χ0v) is 13.5. The van der Waals surface area contributed by atoms with Crippen LogP contribution < -0.4 is 9.47 Å². The van der Waals surface area contributed by atoms with E-state index in [-0.39, 0.29) is 5.91 Å². The van der Waals surface area contributed by atoms with E-state index in [1.807, 2.05) is 6.07 Å². The second kappa shape index (κ2) is 8.06. The van der Waals surface area contributed by atoms with Gasteiger partial charge in [0.15, 0.2) is 16.7 Å². The predicted octanol–water partition coefficient (Wildman–Crippen LogP) is 2.37. The minimum Gasteiger partial charge on any atom is -0.493 e. The Balaban J connectivity index is 2.15. The van der Waals surface area contributed by atoms with Crippen molar-refractivity contribution < 1.29 is 14.3 Å². The van der Waals surface area contributed by atoms with Gasteiger partial charge in [0.05, 0.1) is 20.0 Å². The topological polar surface area (TPSA) is 66.2 Å². The quantitative estimate of drug-likeness (QED) is 0.460. The lowest BCUT2D eigenvalue weighted by Gasteiger charge is -2.07. The number of carbonyl (C=O) groups is 1. The minimum absolute atomic E-state index is 0.260. The van der Waals surface area contributed by atoms with Gasteiger partial charge in [0.1, 0.15) is 6.33 Å². The molecule has 0 unspecified atom stereocenters. The van der Waals surface area contributed by atoms with E-state index in [1.165, 1.54) is 28.7 Å². The maximum Gasteiger partial charge on any atom is 0.258 e. The van der Waals surface area contributed by atoms with Crippen LogP contribution >= 0.6 is 11.8 Å². The molecule has 0 spiro atoms. The largest absolute Gasteiger partial charge is 0.493 e. The first kappa shape index (κ1) is 16.6. The van der Waals surface area contributed by atoms with Gasteiger partial charge in [-0.15, -0.1) is 16.6 Å². The van der Waals surface area contributed by atoms with Crippen LogP contribution in [0.4, 0.5) is 0 Å². The summed E-state index contributed by atoms with van der Waals surface area (Å²) in [5.41, 5.74) is 0.807. The Morgan fingerprint density at radius 3 is 2.87 bits per heavy atom. The number of carbonyl (C=O) groups excluding carboxylic acids is 1. The Hall–Kier alpha value is -2.72. The number of thioether (sulfide) groups is 1. The van der Waals surface area contributed by atoms with Gasteiger partial charge in [-0.05, 0) is 23.8 Å². The van der Waals surface area contributed by atoms with Crippen LogP contribution in [-0.2, 0) is 0 Å². The average Bonchev–Trinajstić information content (AvgIpc) is 3.06. The third-order valence-electron chi connectivity index (χ3n) is 2.86. The maximum atomic E-state index is 12.2. The fourth-order valence-corrected chi connectivity index (χ4v) is 2.38. The van der Waals surface area contributed by atoms with Crippen LogP contribution in [0.1, 0.15) is 10.4 Å². The van der Waals surface area contributed by atoms with Gasteiger partial charge in [0, 0.05) is 6.08 Å². The molecule has 118 valence electrons. The molecule has 2 aromatic rings. The van der Waals surface area contributed by atoms with Crippen molar-refractivity contribution in [3.63, 3.8) is 0 Å². The normalized spacial score (nSPS) is 10.5. The Kier molecular flexibility index (Phi) is 5.83. The summed E-state index contributed by atoms with van der Waals surface area (Å²) in [6, 6.07) is 5.38. The highest BCUT2D eigenvalue weighted by molar-refractivity contribution is 7.99. The third-order valence-corrected chi connectivity index (χ3v) is 3.71. The molecular weight excluding hydrogens is 314 g/mol. The van der Waals surface area contributed by atoms with Crippen molar-refractivity contribution in [3.8, 4) is 23.8 Å². The number of rotatable bonds is 6. The fourth-order valence-electron chi connectivity index (χ4n) is 1.78. The molecule has 0 amide bonds. The molecule has 0 saturated carbocycles. The molecule has 1 aromatic carbocycles. The average molecular weight is 329 g/mol. The van der Waals surface area contributed by atoms with E-state index < -0.39 is 0 Å². The smallest absolute Gasteiger partial charge is 0.258 e. The molecule has 7 heteroatoms. The first-order chi connectivity index (χ1) is 11.2. The number of allylic oxidation sites excluding steroid dienone is 1. The number of aromatic nitrogens is 3. The molecule has 0 saturated heterocycles. The van der Waals surface area contributed by atoms with Crippen molar-refractivity contribution in [1.82, 2.24) is 14.8 Å². The molecule has 0 radical (unpaired) electrons. The zero-order chi connectivity index (χ0) is 16.7. The van der Waals surface area contributed by atoms with E-state index >= 15 is 0 Å². The number of ether oxygens (including phenoxy) is 2. The van der Waals surface area contributed by atoms with Crippen LogP contribution in [-0.4, -0.2) is 40.6 Å². The van der Waals surface area contributed by atoms with E-state index in [1.54, 1.807) is 32.4 Å². The maximum absolute atomic E-state index is 12.2. The van der Waals surface area contributed by atoms with Gasteiger partial charge >= 0.3 is 0 Å². The van der Waals surface area contributed by atoms with Crippen LogP contribution in [0.3, 0.4) is 0 Å². The molecule has 0 aliphatic carbocycles. The van der Waals surface area contributed by atoms with Crippen molar-refractivity contribution in [2.24, 2.45) is 0 Å². The lowest BCUT2D eigenvalue weighted by molar-refractivity contribution is 0.0960. The monoisotopic (exact) mass is 329 g/mol. The van der Waals surface area contributed by atoms with Crippen molar-refractivity contribution in [2.45, 2.75) is 5.16 Å². The van der Waals surface area contributed by atoms with Crippen molar-refractivity contribution >= 4 is 23.7 Å². The van der Waals surface area contributed by atoms with Gasteiger partial charge in [0.2, 0.25) is 0 Å². The number of benzene rings is 1. The molecule has 1 heterocycles. The summed E-state index contributed by atoms with van der Waals surface area (Å²) >= 11 is 1.28. The molecule has 1 aromatic heterocycles. The van der Waals surface area contributed by atoms with E-state index in [2.05, 4.69) is 16.1 Å². The molecular formula is C16H15N3O3S. The van der Waals surface area contributed by atoms with Gasteiger partial charge in [-0.1, -0.05) is 23.7 Å². The molecule has 0 N–H and O–H groups in total. The number of hydrogen-bond donors (Lipinski definition) is 0. The number of terminal acetylenes is 1. The van der Waals surface area contributed by atoms with Crippen LogP contribution in [0.2, 0.25) is 0 Å². The molecule has 0 bridgehead atoms. The molecule has 0 atom stereocenters. The molecule has 23 heavy (non-hydrogen) atoms. The Bertz CT molecular complexity index is 762. The summed E-state index contributed by atoms with van der Waals surface area (Å²) in [4.78, 5) is 12.2. The predicted molar refractivity (Wildman–Crippen MR) is 88.8 cm³/mol. The number of hydrogen-bond acceptors (Lipinski definition) is 6. The highest BCUT2D eigenvalue weighted by Crippen LogP contribution is 2.28. The SMILES string of the molecule is C#CCSc1nncn1C(=O)C=Cc1ccc(OC)c(OC)c1. The van der Waals surface area contributed by atoms with E-state index in [0.29, 0.717) is 22.4 Å². The summed E-state index contributed by atoms with van der Waals surface area (Å²) in [5.74, 6) is 3.86. The van der Waals surface area contributed by atoms with E-state index in [9.17, 15) is 4.79 Å². The van der Waals surface area contributed by atoms with Crippen LogP contribution in [0.5, 0.6) is 11.5 Å². The summed E-state index contributed by atoms with van der Waals surface area (Å²) in [7, 11) is 3.13. The van der Waals surface area contributed by atoms with Crippen LogP contribution in [0.15, 0.2) is 35.8 Å². The van der Waals surface area contributed by atoms with E-state index in [0.717, 1.165) is 5.56 Å². The Morgan fingerprint density at radius 2 is 2.17 bits per heavy atom. The lowest BCUT2D eigenvalue weighted by Crippen LogP contribution is -2.07. The third kappa shape index (κ3) is 4.14. The molecule has 6 nitrogen and oxygen atoms in total. The standard InChI is InChI=1S/C16H15N3O3S/c1-4-9-23-16-18-17-11-19(16)15(20)8-6-12-5-7-13(21-2)14(10-12)22-3/h1,5-8,10-11H,9H2,2-3H3. The highest BCUT2D eigenvalue weighted by atomic mass is 32.2. The van der Waals surface area contributed by atoms with Gasteiger partial charge in [0.25, 0.3) is 5.91 Å². The van der Waals surface area contributed by atoms with Crippen LogP contribution in [0, 0.1) is 12.3 Å². The first-order valence-corrected chi connectivity index (χ1v) is 7.59. The van der Waals surface area contributed by atoms with Gasteiger partial charge in [-0.25, -0.2) is 4.57 Å². The number of nitrogens with zero attached hydrogens (tertiary/aromatic N) is 3. The van der Waals surface area contributed by atoms with Gasteiger partial charge in [-0.2, -0.15) is 0 Å². The highest BCUT2D eigenvalue weighted by Gasteiger charge is 2.09. The minimum atomic E-state index is -0.260. The van der Waals surface area contributed by atoms with Crippen molar-refractivity contribution in [2.75, 3.05) is 20.0 Å². The lowest BCUT2D eigenvalue weighted by atomic mass is 10.2. The molecule has 0 aliphatic rings. The Labute approximate surface area is 138 Å². The van der Waals surface area contributed by atoms with Gasteiger partial charge in [-0.3, -0.25) is 4.79 Å². The summed E-state index contributed by atoms with van der Waals surface area (Å²) in [5, 5.41) is 8.07. The van der Waals surface area contributed by atoms with Crippen molar-refractivity contribution in [1.29, 1.82) is 0 Å². The fraction of sp³-hybridized carbons (Fsp3) is 0.188. The first-order valence-electron chi connectivity index (χ1n) is 6.60. The zero-order valence-electron chi connectivity index (χ0n) is 12.7.